The van der Waals surface area contributed by atoms with Crippen LogP contribution in [0.25, 0.3) is 11.1 Å². The molecule has 6 heteroatoms. The van der Waals surface area contributed by atoms with E-state index in [1.807, 2.05) is 36.4 Å². The smallest absolute Gasteiger partial charge is 0.143 e. The van der Waals surface area contributed by atoms with Crippen molar-refractivity contribution < 1.29 is 5.11 Å². The number of thioether (sulfide) groups is 1. The fraction of sp³-hybridized carbons (Fsp3) is 0.188. The molecule has 0 aliphatic rings. The van der Waals surface area contributed by atoms with E-state index < -0.39 is 6.10 Å². The van der Waals surface area contributed by atoms with E-state index in [1.165, 1.54) is 11.8 Å². The first-order chi connectivity index (χ1) is 10.6. The van der Waals surface area contributed by atoms with Crippen LogP contribution >= 0.6 is 11.8 Å². The molecular weight excluding hydrogens is 296 g/mol. The second kappa shape index (κ2) is 6.95. The quantitative estimate of drug-likeness (QED) is 0.840. The average molecular weight is 310 g/mol. The third-order valence-electron chi connectivity index (χ3n) is 2.94. The number of nitrogens with two attached hydrogens (primary N) is 1. The van der Waals surface area contributed by atoms with Crippen molar-refractivity contribution in [3.8, 4) is 23.3 Å². The maximum absolute atomic E-state index is 9.52. The summed E-state index contributed by atoms with van der Waals surface area (Å²) in [4.78, 5) is 4.16. The van der Waals surface area contributed by atoms with Gasteiger partial charge in [0.05, 0.1) is 11.7 Å². The lowest BCUT2D eigenvalue weighted by molar-refractivity contribution is 0.220. The molecule has 1 aromatic carbocycles. The van der Waals surface area contributed by atoms with E-state index in [-0.39, 0.29) is 11.4 Å². The van der Waals surface area contributed by atoms with Gasteiger partial charge in [-0.2, -0.15) is 10.5 Å². The Labute approximate surface area is 133 Å². The number of nitrogen functional groups attached to an aromatic ring is 1. The summed E-state index contributed by atoms with van der Waals surface area (Å²) in [5.74, 6) is 0.481. The van der Waals surface area contributed by atoms with Crippen LogP contribution in [0.4, 0.5) is 5.82 Å². The highest BCUT2D eigenvalue weighted by molar-refractivity contribution is 7.99. The molecule has 0 aliphatic heterocycles. The molecule has 1 atom stereocenters. The summed E-state index contributed by atoms with van der Waals surface area (Å²) in [6.45, 7) is 1.66. The van der Waals surface area contributed by atoms with Crippen molar-refractivity contribution in [2.45, 2.75) is 18.1 Å². The van der Waals surface area contributed by atoms with Gasteiger partial charge in [-0.05, 0) is 12.5 Å². The van der Waals surface area contributed by atoms with Gasteiger partial charge in [-0.1, -0.05) is 30.3 Å². The molecule has 1 heterocycles. The lowest BCUT2D eigenvalue weighted by atomic mass is 9.97. The molecule has 0 radical (unpaired) electrons. The third kappa shape index (κ3) is 3.20. The molecular formula is C16H14N4OS. The lowest BCUT2D eigenvalue weighted by Gasteiger charge is -2.13. The van der Waals surface area contributed by atoms with Crippen LogP contribution in [0.2, 0.25) is 0 Å². The molecule has 0 aliphatic carbocycles. The van der Waals surface area contributed by atoms with Gasteiger partial charge >= 0.3 is 0 Å². The number of aromatic nitrogens is 1. The summed E-state index contributed by atoms with van der Waals surface area (Å²) in [5, 5.41) is 28.7. The van der Waals surface area contributed by atoms with E-state index in [4.69, 9.17) is 5.73 Å². The van der Waals surface area contributed by atoms with Gasteiger partial charge in [0, 0.05) is 11.3 Å². The summed E-state index contributed by atoms with van der Waals surface area (Å²) in [6.07, 6.45) is -0.532. The average Bonchev–Trinajstić information content (AvgIpc) is 2.52. The third-order valence-corrected chi connectivity index (χ3v) is 4.16. The minimum absolute atomic E-state index is 0.0912. The Morgan fingerprint density at radius 3 is 2.41 bits per heavy atom. The molecule has 110 valence electrons. The van der Waals surface area contributed by atoms with Crippen molar-refractivity contribution in [2.24, 2.45) is 0 Å². The molecule has 0 amide bonds. The zero-order chi connectivity index (χ0) is 16.1. The number of hydrogen-bond donors (Lipinski definition) is 2. The fourth-order valence-corrected chi connectivity index (χ4v) is 2.85. The van der Waals surface area contributed by atoms with Crippen LogP contribution in [0.15, 0.2) is 35.4 Å². The van der Waals surface area contributed by atoms with E-state index in [2.05, 4.69) is 11.1 Å². The molecule has 0 saturated carbocycles. The van der Waals surface area contributed by atoms with E-state index >= 15 is 0 Å². The summed E-state index contributed by atoms with van der Waals surface area (Å²) in [6, 6.07) is 13.3. The van der Waals surface area contributed by atoms with Crippen molar-refractivity contribution in [3.63, 3.8) is 0 Å². The fourth-order valence-electron chi connectivity index (χ4n) is 2.00. The number of pyridine rings is 1. The Morgan fingerprint density at radius 2 is 1.86 bits per heavy atom. The van der Waals surface area contributed by atoms with Crippen LogP contribution in [0.3, 0.4) is 0 Å². The number of aliphatic hydroxyl groups is 1. The summed E-state index contributed by atoms with van der Waals surface area (Å²) in [5.41, 5.74) is 7.62. The molecule has 0 bridgehead atoms. The normalized spacial score (nSPS) is 11.5. The second-order valence-electron chi connectivity index (χ2n) is 4.68. The first-order valence-electron chi connectivity index (χ1n) is 6.58. The van der Waals surface area contributed by atoms with Crippen molar-refractivity contribution in [1.82, 2.24) is 4.98 Å². The van der Waals surface area contributed by atoms with Crippen molar-refractivity contribution in [3.05, 3.63) is 41.5 Å². The van der Waals surface area contributed by atoms with E-state index in [0.717, 1.165) is 5.56 Å². The van der Waals surface area contributed by atoms with Crippen LogP contribution in [0.5, 0.6) is 0 Å². The Balaban J connectivity index is 2.69. The van der Waals surface area contributed by atoms with Crippen LogP contribution in [-0.2, 0) is 0 Å². The number of hydrogen-bond acceptors (Lipinski definition) is 6. The first-order valence-corrected chi connectivity index (χ1v) is 7.57. The lowest BCUT2D eigenvalue weighted by Crippen LogP contribution is -2.06. The number of nitriles is 2. The molecule has 3 N–H and O–H groups in total. The number of benzene rings is 1. The molecule has 0 spiro atoms. The predicted octanol–water partition coefficient (Wildman–Crippen LogP) is 2.55. The number of nitrogens with zero attached hydrogens (tertiary/aromatic N) is 3. The van der Waals surface area contributed by atoms with Gasteiger partial charge in [0.1, 0.15) is 28.5 Å². The van der Waals surface area contributed by atoms with Crippen LogP contribution in [-0.4, -0.2) is 21.9 Å². The Morgan fingerprint density at radius 1 is 1.23 bits per heavy atom. The van der Waals surface area contributed by atoms with Crippen molar-refractivity contribution in [1.29, 1.82) is 10.5 Å². The van der Waals surface area contributed by atoms with Gasteiger partial charge in [0.25, 0.3) is 0 Å². The summed E-state index contributed by atoms with van der Waals surface area (Å²) in [7, 11) is 0. The van der Waals surface area contributed by atoms with Gasteiger partial charge in [-0.15, -0.1) is 11.8 Å². The number of anilines is 1. The standard InChI is InChI=1S/C16H14N4OS/c1-10(21)9-22-16-13(8-18)14(11-5-3-2-4-6-11)12(7-17)15(19)20-16/h2-6,10,21H,9H2,1H3,(H2,19,20). The zero-order valence-electron chi connectivity index (χ0n) is 11.9. The molecule has 0 fully saturated rings. The Hall–Kier alpha value is -2.54. The van der Waals surface area contributed by atoms with Crippen molar-refractivity contribution in [2.75, 3.05) is 11.5 Å². The maximum atomic E-state index is 9.52. The highest BCUT2D eigenvalue weighted by Gasteiger charge is 2.20. The predicted molar refractivity (Wildman–Crippen MR) is 85.9 cm³/mol. The zero-order valence-corrected chi connectivity index (χ0v) is 12.8. The van der Waals surface area contributed by atoms with E-state index in [0.29, 0.717) is 21.9 Å². The van der Waals surface area contributed by atoms with E-state index in [1.54, 1.807) is 6.92 Å². The summed E-state index contributed by atoms with van der Waals surface area (Å²) < 4.78 is 0. The topological polar surface area (TPSA) is 107 Å². The highest BCUT2D eigenvalue weighted by Crippen LogP contribution is 2.35. The van der Waals surface area contributed by atoms with Gasteiger partial charge in [0.15, 0.2) is 0 Å². The molecule has 1 aromatic heterocycles. The largest absolute Gasteiger partial charge is 0.393 e. The minimum Gasteiger partial charge on any atom is -0.393 e. The number of rotatable bonds is 4. The van der Waals surface area contributed by atoms with Gasteiger partial charge < -0.3 is 10.8 Å². The molecule has 2 aromatic rings. The van der Waals surface area contributed by atoms with Crippen molar-refractivity contribution >= 4 is 17.6 Å². The molecule has 5 nitrogen and oxygen atoms in total. The first kappa shape index (κ1) is 15.8. The minimum atomic E-state index is -0.532. The van der Waals surface area contributed by atoms with Crippen LogP contribution in [0.1, 0.15) is 18.1 Å². The molecule has 2 rings (SSSR count). The highest BCUT2D eigenvalue weighted by atomic mass is 32.2. The Kier molecular flexibility index (Phi) is 5.00. The number of aliphatic hydroxyl groups excluding tert-OH is 1. The Bertz CT molecular complexity index is 760. The summed E-state index contributed by atoms with van der Waals surface area (Å²) >= 11 is 1.25. The maximum Gasteiger partial charge on any atom is 0.143 e. The van der Waals surface area contributed by atoms with Crippen LogP contribution < -0.4 is 5.73 Å². The van der Waals surface area contributed by atoms with E-state index in [9.17, 15) is 15.6 Å². The van der Waals surface area contributed by atoms with Gasteiger partial charge in [0.2, 0.25) is 0 Å². The molecule has 0 saturated heterocycles. The van der Waals surface area contributed by atoms with Gasteiger partial charge in [-0.3, -0.25) is 0 Å². The monoisotopic (exact) mass is 310 g/mol. The van der Waals surface area contributed by atoms with Gasteiger partial charge in [-0.25, -0.2) is 4.98 Å². The van der Waals surface area contributed by atoms with Crippen LogP contribution in [0, 0.1) is 22.7 Å². The molecule has 1 unspecified atom stereocenters. The second-order valence-corrected chi connectivity index (χ2v) is 5.69. The molecule has 22 heavy (non-hydrogen) atoms. The SMILES string of the molecule is CC(O)CSc1nc(N)c(C#N)c(-c2ccccc2)c1C#N.